The van der Waals surface area contributed by atoms with Gasteiger partial charge in [-0.25, -0.2) is 4.98 Å². The van der Waals surface area contributed by atoms with Crippen LogP contribution in [-0.4, -0.2) is 52.5 Å². The standard InChI is InChI=1S/C12H20N4S2/c1-9-10(2)18-12(14-9)8-16-5-3-15(4-6-16)7-11(13)17/h3-8H2,1-2H3,(H2,13,17). The molecule has 18 heavy (non-hydrogen) atoms. The Balaban J connectivity index is 1.81. The summed E-state index contributed by atoms with van der Waals surface area (Å²) >= 11 is 6.75. The molecule has 1 aliphatic rings. The van der Waals surface area contributed by atoms with Crippen LogP contribution in [0.4, 0.5) is 0 Å². The fourth-order valence-electron chi connectivity index (χ4n) is 2.12. The van der Waals surface area contributed by atoms with E-state index in [1.54, 1.807) is 0 Å². The van der Waals surface area contributed by atoms with Crippen LogP contribution in [0.25, 0.3) is 0 Å². The number of thiocarbonyl (C=S) groups is 1. The van der Waals surface area contributed by atoms with Gasteiger partial charge in [-0.3, -0.25) is 9.80 Å². The van der Waals surface area contributed by atoms with Gasteiger partial charge in [0.15, 0.2) is 0 Å². The molecule has 0 atom stereocenters. The molecule has 100 valence electrons. The van der Waals surface area contributed by atoms with Crippen molar-refractivity contribution in [1.29, 1.82) is 0 Å². The fraction of sp³-hybridized carbons (Fsp3) is 0.667. The molecule has 1 aromatic heterocycles. The zero-order valence-electron chi connectivity index (χ0n) is 11.0. The molecule has 1 aromatic rings. The normalized spacial score (nSPS) is 18.1. The molecule has 0 aromatic carbocycles. The molecule has 0 amide bonds. The number of aryl methyl sites for hydroxylation is 2. The molecule has 0 saturated carbocycles. The number of nitrogens with zero attached hydrogens (tertiary/aromatic N) is 3. The number of aromatic nitrogens is 1. The Morgan fingerprint density at radius 1 is 1.28 bits per heavy atom. The molecule has 6 heteroatoms. The third-order valence-corrected chi connectivity index (χ3v) is 4.46. The predicted molar refractivity (Wildman–Crippen MR) is 80.1 cm³/mol. The molecule has 0 radical (unpaired) electrons. The molecule has 1 fully saturated rings. The molecule has 0 unspecified atom stereocenters. The summed E-state index contributed by atoms with van der Waals surface area (Å²) in [7, 11) is 0. The predicted octanol–water partition coefficient (Wildman–Crippen LogP) is 1.16. The van der Waals surface area contributed by atoms with Crippen molar-refractivity contribution in [2.45, 2.75) is 20.4 Å². The van der Waals surface area contributed by atoms with Crippen LogP contribution in [0, 0.1) is 13.8 Å². The number of piperazine rings is 1. The SMILES string of the molecule is Cc1nc(CN2CCN(CC(N)=S)CC2)sc1C. The number of thiazole rings is 1. The maximum Gasteiger partial charge on any atom is 0.107 e. The van der Waals surface area contributed by atoms with Crippen molar-refractivity contribution in [2.24, 2.45) is 5.73 Å². The van der Waals surface area contributed by atoms with Gasteiger partial charge in [0.05, 0.1) is 17.2 Å². The summed E-state index contributed by atoms with van der Waals surface area (Å²) < 4.78 is 0. The molecule has 2 rings (SSSR count). The third-order valence-electron chi connectivity index (χ3n) is 3.28. The Labute approximate surface area is 118 Å². The molecule has 1 saturated heterocycles. The molecular formula is C12H20N4S2. The highest BCUT2D eigenvalue weighted by molar-refractivity contribution is 7.80. The van der Waals surface area contributed by atoms with Gasteiger partial charge in [0.2, 0.25) is 0 Å². The van der Waals surface area contributed by atoms with Gasteiger partial charge in [0, 0.05) is 37.6 Å². The minimum atomic E-state index is 0.592. The van der Waals surface area contributed by atoms with Crippen LogP contribution in [-0.2, 0) is 6.54 Å². The van der Waals surface area contributed by atoms with Crippen LogP contribution >= 0.6 is 23.6 Å². The average molecular weight is 284 g/mol. The van der Waals surface area contributed by atoms with Crippen LogP contribution in [0.1, 0.15) is 15.6 Å². The number of nitrogens with two attached hydrogens (primary N) is 1. The van der Waals surface area contributed by atoms with E-state index < -0.39 is 0 Å². The number of rotatable bonds is 4. The van der Waals surface area contributed by atoms with Crippen LogP contribution in [0.3, 0.4) is 0 Å². The van der Waals surface area contributed by atoms with Gasteiger partial charge >= 0.3 is 0 Å². The van der Waals surface area contributed by atoms with E-state index in [1.807, 2.05) is 11.3 Å². The summed E-state index contributed by atoms with van der Waals surface area (Å²) in [6.07, 6.45) is 0. The van der Waals surface area contributed by atoms with E-state index in [4.69, 9.17) is 18.0 Å². The van der Waals surface area contributed by atoms with Crippen molar-refractivity contribution < 1.29 is 0 Å². The second kappa shape index (κ2) is 6.06. The zero-order valence-corrected chi connectivity index (χ0v) is 12.6. The van der Waals surface area contributed by atoms with Crippen LogP contribution in [0.2, 0.25) is 0 Å². The summed E-state index contributed by atoms with van der Waals surface area (Å²) in [6, 6.07) is 0. The van der Waals surface area contributed by atoms with Crippen molar-refractivity contribution >= 4 is 28.5 Å². The summed E-state index contributed by atoms with van der Waals surface area (Å²) in [6.45, 7) is 10.2. The largest absolute Gasteiger partial charge is 0.392 e. The summed E-state index contributed by atoms with van der Waals surface area (Å²) in [4.78, 5) is 11.3. The molecule has 2 N–H and O–H groups in total. The number of hydrogen-bond acceptors (Lipinski definition) is 5. The summed E-state index contributed by atoms with van der Waals surface area (Å²) in [5, 5.41) is 1.23. The topological polar surface area (TPSA) is 45.4 Å². The minimum absolute atomic E-state index is 0.592. The molecule has 2 heterocycles. The van der Waals surface area contributed by atoms with E-state index in [-0.39, 0.29) is 0 Å². The first-order valence-corrected chi connectivity index (χ1v) is 7.43. The number of hydrogen-bond donors (Lipinski definition) is 1. The lowest BCUT2D eigenvalue weighted by molar-refractivity contribution is 0.140. The molecular weight excluding hydrogens is 264 g/mol. The van der Waals surface area contributed by atoms with Crippen molar-refractivity contribution in [2.75, 3.05) is 32.7 Å². The minimum Gasteiger partial charge on any atom is -0.392 e. The van der Waals surface area contributed by atoms with E-state index in [2.05, 4.69) is 28.6 Å². The molecule has 1 aliphatic heterocycles. The highest BCUT2D eigenvalue weighted by Gasteiger charge is 2.18. The van der Waals surface area contributed by atoms with Crippen LogP contribution in [0.5, 0.6) is 0 Å². The maximum absolute atomic E-state index is 5.57. The van der Waals surface area contributed by atoms with Gasteiger partial charge in [0.25, 0.3) is 0 Å². The first kappa shape index (κ1) is 13.9. The monoisotopic (exact) mass is 284 g/mol. The summed E-state index contributed by atoms with van der Waals surface area (Å²) in [5.74, 6) is 0. The Bertz CT molecular complexity index is 402. The van der Waals surface area contributed by atoms with Crippen molar-refractivity contribution in [1.82, 2.24) is 14.8 Å². The fourth-order valence-corrected chi connectivity index (χ4v) is 3.28. The average Bonchev–Trinajstić information content (AvgIpc) is 2.60. The van der Waals surface area contributed by atoms with Crippen molar-refractivity contribution in [3.63, 3.8) is 0 Å². The molecule has 0 aliphatic carbocycles. The molecule has 0 bridgehead atoms. The highest BCUT2D eigenvalue weighted by Crippen LogP contribution is 2.18. The summed E-state index contributed by atoms with van der Waals surface area (Å²) in [5.41, 5.74) is 6.74. The van der Waals surface area contributed by atoms with Gasteiger partial charge in [-0.15, -0.1) is 11.3 Å². The van der Waals surface area contributed by atoms with E-state index in [0.29, 0.717) is 4.99 Å². The second-order valence-electron chi connectivity index (χ2n) is 4.77. The molecule has 0 spiro atoms. The van der Waals surface area contributed by atoms with Crippen molar-refractivity contribution in [3.05, 3.63) is 15.6 Å². The third kappa shape index (κ3) is 3.71. The van der Waals surface area contributed by atoms with Gasteiger partial charge in [0.1, 0.15) is 5.01 Å². The smallest absolute Gasteiger partial charge is 0.107 e. The Morgan fingerprint density at radius 2 is 1.89 bits per heavy atom. The zero-order chi connectivity index (χ0) is 13.1. The first-order valence-electron chi connectivity index (χ1n) is 6.20. The molecule has 4 nitrogen and oxygen atoms in total. The lowest BCUT2D eigenvalue weighted by atomic mass is 10.3. The van der Waals surface area contributed by atoms with E-state index in [1.165, 1.54) is 15.6 Å². The Kier molecular flexibility index (Phi) is 4.66. The van der Waals surface area contributed by atoms with Crippen LogP contribution < -0.4 is 5.73 Å². The van der Waals surface area contributed by atoms with E-state index in [9.17, 15) is 0 Å². The van der Waals surface area contributed by atoms with Crippen molar-refractivity contribution in [3.8, 4) is 0 Å². The lowest BCUT2D eigenvalue weighted by Gasteiger charge is -2.33. The second-order valence-corrected chi connectivity index (χ2v) is 6.58. The van der Waals surface area contributed by atoms with Gasteiger partial charge in [-0.1, -0.05) is 12.2 Å². The van der Waals surface area contributed by atoms with Crippen LogP contribution in [0.15, 0.2) is 0 Å². The maximum atomic E-state index is 5.57. The lowest BCUT2D eigenvalue weighted by Crippen LogP contribution is -2.48. The van der Waals surface area contributed by atoms with Gasteiger partial charge in [-0.2, -0.15) is 0 Å². The van der Waals surface area contributed by atoms with Gasteiger partial charge < -0.3 is 5.73 Å². The van der Waals surface area contributed by atoms with E-state index in [0.717, 1.165) is 39.3 Å². The Morgan fingerprint density at radius 3 is 2.39 bits per heavy atom. The quantitative estimate of drug-likeness (QED) is 0.841. The first-order chi connectivity index (χ1) is 8.54. The van der Waals surface area contributed by atoms with E-state index >= 15 is 0 Å². The Hall–Kier alpha value is -0.560. The van der Waals surface area contributed by atoms with Gasteiger partial charge in [-0.05, 0) is 13.8 Å². The highest BCUT2D eigenvalue weighted by atomic mass is 32.1.